The Bertz CT molecular complexity index is 1220. The van der Waals surface area contributed by atoms with Gasteiger partial charge < -0.3 is 20.9 Å². The van der Waals surface area contributed by atoms with E-state index in [0.717, 1.165) is 24.3 Å². The Morgan fingerprint density at radius 3 is 2.28 bits per heavy atom. The van der Waals surface area contributed by atoms with Crippen molar-refractivity contribution in [2.45, 2.75) is 4.90 Å². The van der Waals surface area contributed by atoms with Crippen molar-refractivity contribution >= 4 is 43.6 Å². The molecule has 0 spiro atoms. The van der Waals surface area contributed by atoms with Crippen LogP contribution in [0.5, 0.6) is 5.75 Å². The minimum absolute atomic E-state index is 0. The van der Waals surface area contributed by atoms with Gasteiger partial charge in [0.05, 0.1) is 21.2 Å². The Balaban J connectivity index is 0.00000210. The standard InChI is InChI=1S/C16H11N4O6S.Cr.H2O/c17-12-6-5-10-11(2-1-3-15(10)27(24,25)26)16(12)19-18-13-7-4-9(20(22)23)8-14(13)21;;/h1-8H,(H3-,17,18,19,21,24,25,26);;1H2/q-1;+3;/p-2. The molecule has 0 fully saturated rings. The molecule has 0 amide bonds. The van der Waals surface area contributed by atoms with Crippen molar-refractivity contribution in [3.05, 3.63) is 64.4 Å². The summed E-state index contributed by atoms with van der Waals surface area (Å²) < 4.78 is 34.2. The summed E-state index contributed by atoms with van der Waals surface area (Å²) in [5.74, 6) is -0.734. The molecule has 0 aliphatic heterocycles. The van der Waals surface area contributed by atoms with Gasteiger partial charge in [0.1, 0.15) is 10.1 Å². The van der Waals surface area contributed by atoms with E-state index >= 15 is 0 Å². The Labute approximate surface area is 174 Å². The van der Waals surface area contributed by atoms with E-state index in [1.165, 1.54) is 24.3 Å². The van der Waals surface area contributed by atoms with Crippen LogP contribution in [-0.2, 0) is 27.5 Å². The largest absolute Gasteiger partial charge is 3.00 e. The Morgan fingerprint density at radius 1 is 1.00 bits per heavy atom. The summed E-state index contributed by atoms with van der Waals surface area (Å²) in [6, 6.07) is 9.49. The molecule has 0 aliphatic carbocycles. The molecule has 3 N–H and O–H groups in total. The monoisotopic (exact) mass is 455 g/mol. The van der Waals surface area contributed by atoms with Crippen molar-refractivity contribution in [3.8, 4) is 5.75 Å². The van der Waals surface area contributed by atoms with Gasteiger partial charge in [-0.05, 0) is 12.1 Å². The molecular formula is C16H11CrN4O7S. The summed E-state index contributed by atoms with van der Waals surface area (Å²) in [7, 11) is -4.74. The number of hydrogen-bond donors (Lipinski definition) is 0. The summed E-state index contributed by atoms with van der Waals surface area (Å²) in [6.45, 7) is 0. The zero-order chi connectivity index (χ0) is 19.8. The van der Waals surface area contributed by atoms with Gasteiger partial charge in [0.25, 0.3) is 5.69 Å². The van der Waals surface area contributed by atoms with Crippen molar-refractivity contribution in [3.63, 3.8) is 0 Å². The first-order valence-corrected chi connectivity index (χ1v) is 8.70. The van der Waals surface area contributed by atoms with E-state index < -0.39 is 31.4 Å². The van der Waals surface area contributed by atoms with E-state index in [1.54, 1.807) is 0 Å². The summed E-state index contributed by atoms with van der Waals surface area (Å²) in [5, 5.41) is 30.4. The normalized spacial score (nSPS) is 11.1. The van der Waals surface area contributed by atoms with Gasteiger partial charge in [0.15, 0.2) is 0 Å². The smallest absolute Gasteiger partial charge is 0.871 e. The predicted octanol–water partition coefficient (Wildman–Crippen LogP) is 3.00. The topological polar surface area (TPSA) is 203 Å². The molecule has 0 aliphatic rings. The molecule has 0 heterocycles. The number of hydrogen-bond acceptors (Lipinski definition) is 8. The van der Waals surface area contributed by atoms with Crippen molar-refractivity contribution in [1.82, 2.24) is 0 Å². The number of benzene rings is 3. The van der Waals surface area contributed by atoms with Crippen LogP contribution in [-0.4, -0.2) is 23.4 Å². The van der Waals surface area contributed by atoms with Gasteiger partial charge in [-0.3, -0.25) is 10.1 Å². The maximum absolute atomic E-state index is 11.9. The van der Waals surface area contributed by atoms with Gasteiger partial charge in [0, 0.05) is 22.9 Å². The summed E-state index contributed by atoms with van der Waals surface area (Å²) in [6.07, 6.45) is 0. The van der Waals surface area contributed by atoms with Crippen molar-refractivity contribution in [2.24, 2.45) is 10.2 Å². The Morgan fingerprint density at radius 2 is 1.69 bits per heavy atom. The minimum Gasteiger partial charge on any atom is -0.871 e. The van der Waals surface area contributed by atoms with E-state index in [-0.39, 0.29) is 50.7 Å². The van der Waals surface area contributed by atoms with Gasteiger partial charge in [-0.25, -0.2) is 8.42 Å². The van der Waals surface area contributed by atoms with Gasteiger partial charge >= 0.3 is 17.4 Å². The number of fused-ring (bicyclic) bond motifs is 1. The number of nitrogens with one attached hydrogen (secondary N) is 1. The molecule has 0 bridgehead atoms. The second-order valence-electron chi connectivity index (χ2n) is 5.38. The first kappa shape index (κ1) is 24.0. The number of rotatable bonds is 4. The molecule has 3 aromatic carbocycles. The van der Waals surface area contributed by atoms with Crippen LogP contribution in [0.15, 0.2) is 63.7 Å². The van der Waals surface area contributed by atoms with Crippen molar-refractivity contribution < 1.29 is 45.8 Å². The SMILES string of the molecule is O.[Cr+3].[NH-]c1ccc2c(S(=O)(=O)[O-])cccc2c1N=Nc1ccc([N+](=O)[O-])cc1[O-]. The fourth-order valence-electron chi connectivity index (χ4n) is 2.44. The molecule has 0 atom stereocenters. The fraction of sp³-hybridized carbons (Fsp3) is 0. The van der Waals surface area contributed by atoms with Gasteiger partial charge in [-0.1, -0.05) is 30.0 Å². The third-order valence-corrected chi connectivity index (χ3v) is 4.57. The summed E-state index contributed by atoms with van der Waals surface area (Å²) >= 11 is 0. The third kappa shape index (κ3) is 4.86. The van der Waals surface area contributed by atoms with Crippen LogP contribution >= 0.6 is 0 Å². The Kier molecular flexibility index (Phi) is 7.39. The van der Waals surface area contributed by atoms with Gasteiger partial charge in [-0.15, -0.1) is 5.69 Å². The average Bonchev–Trinajstić information content (AvgIpc) is 2.60. The molecule has 29 heavy (non-hydrogen) atoms. The number of nitro benzene ring substituents is 1. The van der Waals surface area contributed by atoms with E-state index in [2.05, 4.69) is 10.2 Å². The van der Waals surface area contributed by atoms with Crippen molar-refractivity contribution in [2.75, 3.05) is 0 Å². The van der Waals surface area contributed by atoms with Crippen LogP contribution in [0.25, 0.3) is 16.5 Å². The second-order valence-corrected chi connectivity index (χ2v) is 6.72. The molecule has 3 aromatic rings. The summed E-state index contributed by atoms with van der Waals surface area (Å²) in [4.78, 5) is 9.48. The predicted molar refractivity (Wildman–Crippen MR) is 96.2 cm³/mol. The maximum atomic E-state index is 11.9. The molecular weight excluding hydrogens is 444 g/mol. The molecule has 11 nitrogen and oxygen atoms in total. The molecule has 0 saturated heterocycles. The van der Waals surface area contributed by atoms with Crippen LogP contribution in [0.3, 0.4) is 0 Å². The quantitative estimate of drug-likeness (QED) is 0.250. The number of nitrogens with zero attached hydrogens (tertiary/aromatic N) is 3. The first-order chi connectivity index (χ1) is 12.7. The van der Waals surface area contributed by atoms with E-state index in [9.17, 15) is 28.2 Å². The fourth-order valence-corrected chi connectivity index (χ4v) is 3.13. The van der Waals surface area contributed by atoms with Crippen LogP contribution in [0, 0.1) is 10.1 Å². The number of non-ortho nitro benzene ring substituents is 1. The molecule has 0 aromatic heterocycles. The van der Waals surface area contributed by atoms with E-state index in [1.807, 2.05) is 0 Å². The van der Waals surface area contributed by atoms with Crippen LogP contribution in [0.1, 0.15) is 0 Å². The molecule has 0 unspecified atom stereocenters. The number of azo groups is 1. The minimum atomic E-state index is -4.74. The molecule has 1 radical (unpaired) electrons. The summed E-state index contributed by atoms with van der Waals surface area (Å²) in [5.41, 5.74) is 7.20. The zero-order valence-corrected chi connectivity index (χ0v) is 16.3. The first-order valence-electron chi connectivity index (χ1n) is 7.29. The Hall–Kier alpha value is -3.08. The van der Waals surface area contributed by atoms with Crippen LogP contribution < -0.4 is 5.11 Å². The van der Waals surface area contributed by atoms with Gasteiger partial charge in [-0.2, -0.15) is 10.2 Å². The van der Waals surface area contributed by atoms with Crippen LogP contribution in [0.2, 0.25) is 0 Å². The average molecular weight is 455 g/mol. The van der Waals surface area contributed by atoms with Gasteiger partial charge in [0.2, 0.25) is 0 Å². The molecule has 3 rings (SSSR count). The number of nitro groups is 1. The van der Waals surface area contributed by atoms with E-state index in [4.69, 9.17) is 5.73 Å². The molecule has 13 heteroatoms. The van der Waals surface area contributed by atoms with E-state index in [0.29, 0.717) is 0 Å². The van der Waals surface area contributed by atoms with Crippen molar-refractivity contribution in [1.29, 1.82) is 0 Å². The molecule has 0 saturated carbocycles. The molecule has 149 valence electrons. The van der Waals surface area contributed by atoms with Crippen LogP contribution in [0.4, 0.5) is 22.7 Å². The zero-order valence-electron chi connectivity index (χ0n) is 14.2. The second kappa shape index (κ2) is 8.95. The maximum Gasteiger partial charge on any atom is 3.00 e. The third-order valence-electron chi connectivity index (χ3n) is 3.67.